The summed E-state index contributed by atoms with van der Waals surface area (Å²) >= 11 is 0. The Bertz CT molecular complexity index is 690. The highest BCUT2D eigenvalue weighted by molar-refractivity contribution is 5.36. The highest BCUT2D eigenvalue weighted by Gasteiger charge is 2.39. The number of aryl methyl sites for hydroxylation is 1. The maximum atomic E-state index is 6.01. The number of nitrogens with zero attached hydrogens (tertiary/aromatic N) is 6. The van der Waals surface area contributed by atoms with Crippen LogP contribution in [-0.2, 0) is 18.3 Å². The topological polar surface area (TPSA) is 59.3 Å². The van der Waals surface area contributed by atoms with E-state index in [1.807, 2.05) is 24.1 Å². The summed E-state index contributed by atoms with van der Waals surface area (Å²) in [6, 6.07) is 0. The smallest absolute Gasteiger partial charge is 0.147 e. The number of piperidine rings is 1. The van der Waals surface area contributed by atoms with Gasteiger partial charge in [-0.25, -0.2) is 4.98 Å². The van der Waals surface area contributed by atoms with E-state index in [9.17, 15) is 0 Å². The third-order valence-electron chi connectivity index (χ3n) is 5.22. The standard InChI is InChI=1S/C18H26N6O/c1-22-11-16(9-21-22)12-23-6-2-3-18(13-23)14-24(7-8-25-15-18)17-10-19-4-5-20-17/h4-5,9-11H,2-3,6-8,12-15H2,1H3/t18-/m0/s1. The molecule has 2 aromatic heterocycles. The van der Waals surface area contributed by atoms with Gasteiger partial charge in [0.15, 0.2) is 0 Å². The predicted molar refractivity (Wildman–Crippen MR) is 95.2 cm³/mol. The van der Waals surface area contributed by atoms with E-state index in [4.69, 9.17) is 4.74 Å². The second kappa shape index (κ2) is 7.09. The molecule has 2 aliphatic rings. The van der Waals surface area contributed by atoms with Crippen LogP contribution < -0.4 is 4.90 Å². The minimum Gasteiger partial charge on any atom is -0.379 e. The summed E-state index contributed by atoms with van der Waals surface area (Å²) in [4.78, 5) is 13.6. The van der Waals surface area contributed by atoms with Crippen molar-refractivity contribution in [2.24, 2.45) is 12.5 Å². The predicted octanol–water partition coefficient (Wildman–Crippen LogP) is 1.33. The van der Waals surface area contributed by atoms with Crippen LogP contribution >= 0.6 is 0 Å². The van der Waals surface area contributed by atoms with Crippen molar-refractivity contribution in [3.05, 3.63) is 36.5 Å². The fourth-order valence-electron chi connectivity index (χ4n) is 4.15. The molecule has 0 N–H and O–H groups in total. The molecule has 0 saturated carbocycles. The summed E-state index contributed by atoms with van der Waals surface area (Å²) in [6.07, 6.45) is 11.8. The normalized spacial score (nSPS) is 25.2. The first-order chi connectivity index (χ1) is 12.2. The van der Waals surface area contributed by atoms with Gasteiger partial charge in [-0.2, -0.15) is 5.10 Å². The molecule has 4 rings (SSSR count). The zero-order valence-corrected chi connectivity index (χ0v) is 14.8. The molecule has 2 saturated heterocycles. The van der Waals surface area contributed by atoms with Crippen molar-refractivity contribution in [1.82, 2.24) is 24.6 Å². The fraction of sp³-hybridized carbons (Fsp3) is 0.611. The van der Waals surface area contributed by atoms with Gasteiger partial charge in [0.2, 0.25) is 0 Å². The molecule has 0 aromatic carbocycles. The van der Waals surface area contributed by atoms with Crippen molar-refractivity contribution in [2.45, 2.75) is 19.4 Å². The van der Waals surface area contributed by atoms with Crippen LogP contribution in [0.3, 0.4) is 0 Å². The van der Waals surface area contributed by atoms with Gasteiger partial charge in [-0.1, -0.05) is 0 Å². The van der Waals surface area contributed by atoms with Crippen molar-refractivity contribution in [3.63, 3.8) is 0 Å². The van der Waals surface area contributed by atoms with Crippen molar-refractivity contribution in [3.8, 4) is 0 Å². The van der Waals surface area contributed by atoms with Crippen molar-refractivity contribution in [2.75, 3.05) is 44.3 Å². The minimum absolute atomic E-state index is 0.161. The lowest BCUT2D eigenvalue weighted by molar-refractivity contribution is 0.0106. The number of anilines is 1. The van der Waals surface area contributed by atoms with E-state index >= 15 is 0 Å². The molecule has 0 unspecified atom stereocenters. The number of likely N-dealkylation sites (tertiary alicyclic amines) is 1. The number of ether oxygens (including phenoxy) is 1. The Balaban J connectivity index is 1.48. The van der Waals surface area contributed by atoms with E-state index in [0.29, 0.717) is 0 Å². The lowest BCUT2D eigenvalue weighted by Crippen LogP contribution is -2.50. The molecule has 4 heterocycles. The van der Waals surface area contributed by atoms with Crippen LogP contribution in [0.2, 0.25) is 0 Å². The van der Waals surface area contributed by atoms with Crippen molar-refractivity contribution >= 4 is 5.82 Å². The van der Waals surface area contributed by atoms with Gasteiger partial charge in [-0.15, -0.1) is 0 Å². The van der Waals surface area contributed by atoms with Crippen LogP contribution in [0.25, 0.3) is 0 Å². The molecule has 1 spiro atoms. The van der Waals surface area contributed by atoms with Crippen LogP contribution in [0.5, 0.6) is 0 Å². The Morgan fingerprint density at radius 1 is 1.20 bits per heavy atom. The molecule has 1 atom stereocenters. The maximum absolute atomic E-state index is 6.01. The zero-order valence-electron chi connectivity index (χ0n) is 14.8. The molecule has 7 nitrogen and oxygen atoms in total. The van der Waals surface area contributed by atoms with E-state index in [0.717, 1.165) is 51.8 Å². The average molecular weight is 342 g/mol. The van der Waals surface area contributed by atoms with Crippen molar-refractivity contribution < 1.29 is 4.74 Å². The highest BCUT2D eigenvalue weighted by atomic mass is 16.5. The summed E-state index contributed by atoms with van der Waals surface area (Å²) in [7, 11) is 1.97. The molecule has 25 heavy (non-hydrogen) atoms. The van der Waals surface area contributed by atoms with Gasteiger partial charge in [0, 0.05) is 62.8 Å². The van der Waals surface area contributed by atoms with Gasteiger partial charge in [-0.3, -0.25) is 14.6 Å². The minimum atomic E-state index is 0.161. The van der Waals surface area contributed by atoms with E-state index in [-0.39, 0.29) is 5.41 Å². The van der Waals surface area contributed by atoms with Crippen LogP contribution in [-0.4, -0.2) is 64.0 Å². The molecule has 2 aromatic rings. The van der Waals surface area contributed by atoms with E-state index in [1.165, 1.54) is 18.4 Å². The number of hydrogen-bond acceptors (Lipinski definition) is 6. The Morgan fingerprint density at radius 3 is 2.96 bits per heavy atom. The monoisotopic (exact) mass is 342 g/mol. The number of hydrogen-bond donors (Lipinski definition) is 0. The first-order valence-electron chi connectivity index (χ1n) is 9.01. The lowest BCUT2D eigenvalue weighted by Gasteiger charge is -2.43. The Hall–Kier alpha value is -1.99. The fourth-order valence-corrected chi connectivity index (χ4v) is 4.15. The summed E-state index contributed by atoms with van der Waals surface area (Å²) in [6.45, 7) is 6.59. The number of aromatic nitrogens is 4. The third kappa shape index (κ3) is 3.82. The summed E-state index contributed by atoms with van der Waals surface area (Å²) in [5, 5.41) is 4.29. The largest absolute Gasteiger partial charge is 0.379 e. The van der Waals surface area contributed by atoms with Gasteiger partial charge in [0.1, 0.15) is 5.82 Å². The van der Waals surface area contributed by atoms with E-state index < -0.39 is 0 Å². The molecule has 2 fully saturated rings. The summed E-state index contributed by atoms with van der Waals surface area (Å²) in [5.41, 5.74) is 1.44. The van der Waals surface area contributed by atoms with Gasteiger partial charge in [0.25, 0.3) is 0 Å². The van der Waals surface area contributed by atoms with Crippen LogP contribution in [0.1, 0.15) is 18.4 Å². The molecular formula is C18H26N6O. The highest BCUT2D eigenvalue weighted by Crippen LogP contribution is 2.34. The van der Waals surface area contributed by atoms with Gasteiger partial charge in [-0.05, 0) is 19.4 Å². The first-order valence-corrected chi connectivity index (χ1v) is 9.01. The summed E-state index contributed by atoms with van der Waals surface area (Å²) < 4.78 is 7.88. The molecule has 0 bridgehead atoms. The molecule has 0 amide bonds. The van der Waals surface area contributed by atoms with Crippen molar-refractivity contribution in [1.29, 1.82) is 0 Å². The van der Waals surface area contributed by atoms with Crippen LogP contribution in [0, 0.1) is 5.41 Å². The van der Waals surface area contributed by atoms with Gasteiger partial charge >= 0.3 is 0 Å². The SMILES string of the molecule is Cn1cc(CN2CCC[C@]3(COCCN(c4cnccn4)C3)C2)cn1. The summed E-state index contributed by atoms with van der Waals surface area (Å²) in [5.74, 6) is 0.955. The Kier molecular flexibility index (Phi) is 4.67. The van der Waals surface area contributed by atoms with E-state index in [1.54, 1.807) is 12.4 Å². The maximum Gasteiger partial charge on any atom is 0.147 e. The molecular weight excluding hydrogens is 316 g/mol. The first kappa shape index (κ1) is 16.5. The quantitative estimate of drug-likeness (QED) is 0.839. The zero-order chi connectivity index (χ0) is 17.1. The van der Waals surface area contributed by atoms with Crippen LogP contribution in [0.4, 0.5) is 5.82 Å². The van der Waals surface area contributed by atoms with Crippen LogP contribution in [0.15, 0.2) is 31.0 Å². The third-order valence-corrected chi connectivity index (χ3v) is 5.22. The van der Waals surface area contributed by atoms with E-state index in [2.05, 4.69) is 31.1 Å². The van der Waals surface area contributed by atoms with Gasteiger partial charge < -0.3 is 9.64 Å². The molecule has 134 valence electrons. The molecule has 0 radical (unpaired) electrons. The number of rotatable bonds is 3. The van der Waals surface area contributed by atoms with Gasteiger partial charge in [0.05, 0.1) is 25.6 Å². The lowest BCUT2D eigenvalue weighted by atomic mass is 9.80. The second-order valence-electron chi connectivity index (χ2n) is 7.37. The molecule has 0 aliphatic carbocycles. The average Bonchev–Trinajstić information content (AvgIpc) is 2.92. The second-order valence-corrected chi connectivity index (χ2v) is 7.37. The Labute approximate surface area is 148 Å². The Morgan fingerprint density at radius 2 is 2.16 bits per heavy atom. The molecule has 2 aliphatic heterocycles. The molecule has 7 heteroatoms.